The number of methoxy groups -OCH3 is 1. The van der Waals surface area contributed by atoms with Crippen LogP contribution in [-0.2, 0) is 121 Å². The maximum Gasteiger partial charge on any atom is 0.333 e. The predicted molar refractivity (Wildman–Crippen MR) is 382 cm³/mol. The number of hydrogen-bond acceptors (Lipinski definition) is 25. The maximum absolute atomic E-state index is 11.7. The lowest BCUT2D eigenvalue weighted by molar-refractivity contribution is -0.159. The fraction of sp³-hybridized carbons (Fsp3) is 0.684. The van der Waals surface area contributed by atoms with Gasteiger partial charge in [0.2, 0.25) is 0 Å². The zero-order valence-corrected chi connectivity index (χ0v) is 65.2. The van der Waals surface area contributed by atoms with Crippen LogP contribution >= 0.6 is 0 Å². The lowest BCUT2D eigenvalue weighted by Gasteiger charge is -2.20. The van der Waals surface area contributed by atoms with Crippen molar-refractivity contribution in [3.05, 3.63) is 72.4 Å². The molecule has 0 heterocycles. The van der Waals surface area contributed by atoms with E-state index in [2.05, 4.69) is 24.5 Å². The fourth-order valence-electron chi connectivity index (χ4n) is 5.58. The summed E-state index contributed by atoms with van der Waals surface area (Å²) < 4.78 is 59.0. The molecule has 0 fully saturated rings. The average Bonchev–Trinajstić information content (AvgIpc) is 0.940. The van der Waals surface area contributed by atoms with Crippen molar-refractivity contribution in [2.24, 2.45) is 32.5 Å². The van der Waals surface area contributed by atoms with E-state index >= 15 is 0 Å². The van der Waals surface area contributed by atoms with E-state index < -0.39 is 57.5 Å². The zero-order valence-electron chi connectivity index (χ0n) is 65.2. The highest BCUT2D eigenvalue weighted by atomic mass is 16.6. The third kappa shape index (κ3) is 52.7. The smallest absolute Gasteiger partial charge is 0.333 e. The molecule has 1 aromatic rings. The quantitative estimate of drug-likeness (QED) is 0.0276. The number of hydrogen-bond donors (Lipinski definition) is 1. The molecule has 0 saturated heterocycles. The van der Waals surface area contributed by atoms with Crippen molar-refractivity contribution in [2.75, 3.05) is 79.8 Å². The summed E-state index contributed by atoms with van der Waals surface area (Å²) in [7, 11) is 1.42. The van der Waals surface area contributed by atoms with Gasteiger partial charge in [-0.1, -0.05) is 91.6 Å². The molecule has 0 atom stereocenters. The first kappa shape index (κ1) is 102. The van der Waals surface area contributed by atoms with E-state index in [0.29, 0.717) is 61.9 Å². The molecule has 101 heavy (non-hydrogen) atoms. The Bertz CT molecular complexity index is 2490. The molecule has 25 nitrogen and oxygen atoms in total. The molecule has 0 aliphatic rings. The highest BCUT2D eigenvalue weighted by Crippen LogP contribution is 2.25. The van der Waals surface area contributed by atoms with Crippen LogP contribution < -0.4 is 0 Å². The van der Waals surface area contributed by atoms with Gasteiger partial charge in [-0.05, 0) is 167 Å². The lowest BCUT2D eigenvalue weighted by atomic mass is 9.91. The molecule has 0 bridgehead atoms. The topological polar surface area (TPSA) is 336 Å². The molecule has 0 saturated carbocycles. The first-order valence-electron chi connectivity index (χ1n) is 34.3. The second-order valence-electron chi connectivity index (χ2n) is 27.0. The van der Waals surface area contributed by atoms with Gasteiger partial charge in [0.05, 0.1) is 66.0 Å². The number of esters is 12. The van der Waals surface area contributed by atoms with E-state index in [-0.39, 0.29) is 139 Å². The van der Waals surface area contributed by atoms with Gasteiger partial charge < -0.3 is 61.9 Å². The summed E-state index contributed by atoms with van der Waals surface area (Å²) in [5, 5.41) is 8.38. The third-order valence-electron chi connectivity index (χ3n) is 15.4. The first-order chi connectivity index (χ1) is 46.8. The van der Waals surface area contributed by atoms with Gasteiger partial charge in [0.1, 0.15) is 52.9 Å². The standard InChI is InChI=1S/3C16H26O6.C13H18O2.C8H16O3.C7H14O2/c3*1-6-16(4,5)15(19)22-11-10-20-13(17)8-7-9-21-14(18)12(2)3;1-4-13(2,3)12(14)15-10-11-8-6-5-7-9-11;1-4-8(2,3)7(10)11-6-5-9;1-5-7(2,3)6(8)9-4/h3*2,6-11H2,1,3-5H3;5-9H,4,10H2,1-3H3;9H,4-6H2,1-3H3;5H2,1-4H3. The Kier molecular flexibility index (Phi) is 56.1. The Morgan fingerprint density at radius 1 is 0.327 bits per heavy atom. The van der Waals surface area contributed by atoms with Crippen LogP contribution in [0, 0.1) is 32.5 Å². The van der Waals surface area contributed by atoms with Gasteiger partial charge in [-0.3, -0.25) is 43.2 Å². The summed E-state index contributed by atoms with van der Waals surface area (Å²) in [6.07, 6.45) is 5.92. The molecule has 0 aliphatic carbocycles. The van der Waals surface area contributed by atoms with E-state index in [1.807, 2.05) is 113 Å². The Morgan fingerprint density at radius 2 is 0.554 bits per heavy atom. The van der Waals surface area contributed by atoms with E-state index in [0.717, 1.165) is 24.8 Å². The zero-order chi connectivity index (χ0) is 79.2. The highest BCUT2D eigenvalue weighted by molar-refractivity contribution is 5.88. The molecule has 0 aromatic heterocycles. The number of rotatable bonds is 40. The van der Waals surface area contributed by atoms with Gasteiger partial charge in [0.15, 0.2) is 0 Å². The van der Waals surface area contributed by atoms with Crippen LogP contribution in [0.25, 0.3) is 0 Å². The number of aliphatic hydroxyl groups excluding tert-OH is 1. The number of carbonyl (C=O) groups is 12. The fourth-order valence-corrected chi connectivity index (χ4v) is 5.58. The minimum Gasteiger partial charge on any atom is -0.469 e. The van der Waals surface area contributed by atoms with E-state index in [1.165, 1.54) is 7.11 Å². The van der Waals surface area contributed by atoms with Crippen molar-refractivity contribution in [1.29, 1.82) is 0 Å². The Hall–Kier alpha value is -7.96. The summed E-state index contributed by atoms with van der Waals surface area (Å²) >= 11 is 0. The number of aliphatic hydroxyl groups is 1. The minimum absolute atomic E-state index is 0.0237. The van der Waals surface area contributed by atoms with Crippen LogP contribution in [0.1, 0.15) is 228 Å². The number of ether oxygens (including phenoxy) is 12. The number of carbonyl (C=O) groups excluding carboxylic acids is 12. The third-order valence-corrected chi connectivity index (χ3v) is 15.4. The Morgan fingerprint density at radius 3 is 0.772 bits per heavy atom. The Balaban J connectivity index is -0.000000374. The first-order valence-corrected chi connectivity index (χ1v) is 34.3. The summed E-state index contributed by atoms with van der Waals surface area (Å²) in [5.74, 6) is -4.11. The van der Waals surface area contributed by atoms with Gasteiger partial charge in [0.25, 0.3) is 0 Å². The number of benzene rings is 1. The minimum atomic E-state index is -0.531. The van der Waals surface area contributed by atoms with Crippen molar-refractivity contribution in [3.63, 3.8) is 0 Å². The average molecular weight is 1440 g/mol. The second-order valence-corrected chi connectivity index (χ2v) is 27.0. The van der Waals surface area contributed by atoms with Crippen molar-refractivity contribution in [1.82, 2.24) is 0 Å². The van der Waals surface area contributed by atoms with Gasteiger partial charge in [-0.25, -0.2) is 14.4 Å². The largest absolute Gasteiger partial charge is 0.469 e. The van der Waals surface area contributed by atoms with Gasteiger partial charge in [0, 0.05) is 36.0 Å². The van der Waals surface area contributed by atoms with Crippen LogP contribution in [0.3, 0.4) is 0 Å². The summed E-state index contributed by atoms with van der Waals surface area (Å²) in [6, 6.07) is 9.72. The van der Waals surface area contributed by atoms with E-state index in [9.17, 15) is 57.5 Å². The van der Waals surface area contributed by atoms with E-state index in [1.54, 1.807) is 62.3 Å². The van der Waals surface area contributed by atoms with E-state index in [4.69, 9.17) is 57.2 Å². The van der Waals surface area contributed by atoms with Crippen LogP contribution in [0.15, 0.2) is 66.8 Å². The summed E-state index contributed by atoms with van der Waals surface area (Å²) in [5.41, 5.74) is -0.722. The molecule has 0 amide bonds. The van der Waals surface area contributed by atoms with Gasteiger partial charge in [-0.2, -0.15) is 0 Å². The summed E-state index contributed by atoms with van der Waals surface area (Å²) in [6.45, 7) is 49.6. The molecule has 1 aromatic carbocycles. The molecule has 0 unspecified atom stereocenters. The van der Waals surface area contributed by atoms with Crippen molar-refractivity contribution in [2.45, 2.75) is 229 Å². The van der Waals surface area contributed by atoms with Crippen molar-refractivity contribution >= 4 is 71.6 Å². The second kappa shape index (κ2) is 55.7. The molecular weight excluding hydrogens is 1310 g/mol. The normalized spacial score (nSPS) is 10.9. The van der Waals surface area contributed by atoms with Gasteiger partial charge in [-0.15, -0.1) is 0 Å². The SMILES string of the molecule is C=C(C)C(=O)OCCCC(=O)OCCOC(=O)C(C)(C)CC.C=C(C)C(=O)OCCCC(=O)OCCOC(=O)C(C)(C)CC.C=C(C)C(=O)OCCCC(=O)OCCOC(=O)C(C)(C)CC.CCC(C)(C)C(=O)OC.CCC(C)(C)C(=O)OCCO.CCC(C)(C)C(=O)OCc1ccccc1. The van der Waals surface area contributed by atoms with Crippen LogP contribution in [0.2, 0.25) is 0 Å². The molecule has 1 N–H and O–H groups in total. The van der Waals surface area contributed by atoms with Crippen LogP contribution in [0.5, 0.6) is 0 Å². The molecule has 1 rings (SSSR count). The van der Waals surface area contributed by atoms with Crippen molar-refractivity contribution in [3.8, 4) is 0 Å². The Labute approximate surface area is 602 Å². The molecule has 0 aliphatic heterocycles. The molecule has 0 radical (unpaired) electrons. The molecule has 0 spiro atoms. The maximum atomic E-state index is 11.7. The molecular formula is C76H126O25. The highest BCUT2D eigenvalue weighted by Gasteiger charge is 2.31. The van der Waals surface area contributed by atoms with Gasteiger partial charge >= 0.3 is 71.6 Å². The van der Waals surface area contributed by atoms with Crippen molar-refractivity contribution < 1.29 is 119 Å². The lowest BCUT2D eigenvalue weighted by Crippen LogP contribution is -2.27. The van der Waals surface area contributed by atoms with Crippen LogP contribution in [0.4, 0.5) is 0 Å². The molecule has 580 valence electrons. The predicted octanol–water partition coefficient (Wildman–Crippen LogP) is 12.9. The molecule has 25 heteroatoms. The monoisotopic (exact) mass is 1440 g/mol. The van der Waals surface area contributed by atoms with Crippen LogP contribution in [-0.4, -0.2) is 157 Å². The summed E-state index contributed by atoms with van der Waals surface area (Å²) in [4.78, 5) is 136.